The smallest absolute Gasteiger partial charge is 0.0818 e. The SMILES string of the molecule is COCCn1ncc(Cl)c1CCNC1CC1. The van der Waals surface area contributed by atoms with Gasteiger partial charge in [-0.2, -0.15) is 5.10 Å². The lowest BCUT2D eigenvalue weighted by Gasteiger charge is -2.08. The van der Waals surface area contributed by atoms with Gasteiger partial charge in [0.2, 0.25) is 0 Å². The molecule has 0 unspecified atom stereocenters. The van der Waals surface area contributed by atoms with Crippen molar-refractivity contribution in [2.75, 3.05) is 20.3 Å². The second kappa shape index (κ2) is 5.66. The molecule has 0 atom stereocenters. The lowest BCUT2D eigenvalue weighted by Crippen LogP contribution is -2.21. The number of hydrogen-bond donors (Lipinski definition) is 1. The monoisotopic (exact) mass is 243 g/mol. The molecule has 0 amide bonds. The van der Waals surface area contributed by atoms with E-state index in [1.54, 1.807) is 13.3 Å². The Labute approximate surface area is 101 Å². The van der Waals surface area contributed by atoms with E-state index in [1.807, 2.05) is 4.68 Å². The third-order valence-electron chi connectivity index (χ3n) is 2.78. The third-order valence-corrected chi connectivity index (χ3v) is 3.09. The first kappa shape index (κ1) is 11.9. The Morgan fingerprint density at radius 1 is 1.62 bits per heavy atom. The van der Waals surface area contributed by atoms with Crippen LogP contribution in [0.2, 0.25) is 5.02 Å². The standard InChI is InChI=1S/C11H18ClN3O/c1-16-7-6-15-11(10(12)8-14-15)4-5-13-9-2-3-9/h8-9,13H,2-7H2,1H3. The van der Waals surface area contributed by atoms with Gasteiger partial charge in [0, 0.05) is 26.1 Å². The summed E-state index contributed by atoms with van der Waals surface area (Å²) in [6.07, 6.45) is 5.27. The molecule has 1 aliphatic rings. The van der Waals surface area contributed by atoms with Crippen molar-refractivity contribution in [2.45, 2.75) is 31.8 Å². The predicted octanol–water partition coefficient (Wildman–Crippen LogP) is 1.48. The van der Waals surface area contributed by atoms with Crippen molar-refractivity contribution >= 4 is 11.6 Å². The van der Waals surface area contributed by atoms with Crippen molar-refractivity contribution < 1.29 is 4.74 Å². The Morgan fingerprint density at radius 2 is 2.44 bits per heavy atom. The van der Waals surface area contributed by atoms with Crippen LogP contribution >= 0.6 is 11.6 Å². The minimum Gasteiger partial charge on any atom is -0.383 e. The summed E-state index contributed by atoms with van der Waals surface area (Å²) in [5, 5.41) is 8.48. The molecule has 1 aliphatic carbocycles. The second-order valence-corrected chi connectivity index (χ2v) is 4.54. The number of rotatable bonds is 7. The molecule has 1 aromatic rings. The summed E-state index contributed by atoms with van der Waals surface area (Å²) < 4.78 is 6.97. The number of nitrogens with zero attached hydrogens (tertiary/aromatic N) is 2. The number of hydrogen-bond acceptors (Lipinski definition) is 3. The fourth-order valence-electron chi connectivity index (χ4n) is 1.69. The summed E-state index contributed by atoms with van der Waals surface area (Å²) in [6, 6.07) is 0.745. The Kier molecular flexibility index (Phi) is 4.21. The van der Waals surface area contributed by atoms with Crippen molar-refractivity contribution in [3.05, 3.63) is 16.9 Å². The van der Waals surface area contributed by atoms with Crippen LogP contribution in [0.4, 0.5) is 0 Å². The average Bonchev–Trinajstić information content (AvgIpc) is 3.03. The molecule has 90 valence electrons. The molecule has 16 heavy (non-hydrogen) atoms. The van der Waals surface area contributed by atoms with Crippen molar-refractivity contribution in [2.24, 2.45) is 0 Å². The summed E-state index contributed by atoms with van der Waals surface area (Å²) >= 11 is 6.10. The molecular formula is C11H18ClN3O. The van der Waals surface area contributed by atoms with Crippen LogP contribution in [0.3, 0.4) is 0 Å². The molecule has 0 saturated heterocycles. The molecule has 0 radical (unpaired) electrons. The number of nitrogens with one attached hydrogen (secondary N) is 1. The molecule has 1 N–H and O–H groups in total. The lowest BCUT2D eigenvalue weighted by atomic mass is 10.3. The molecule has 5 heteroatoms. The number of halogens is 1. The maximum atomic E-state index is 6.10. The van der Waals surface area contributed by atoms with Gasteiger partial charge >= 0.3 is 0 Å². The minimum absolute atomic E-state index is 0.668. The fourth-order valence-corrected chi connectivity index (χ4v) is 1.92. The summed E-state index contributed by atoms with van der Waals surface area (Å²) in [5.74, 6) is 0. The van der Waals surface area contributed by atoms with Gasteiger partial charge in [-0.3, -0.25) is 4.68 Å². The highest BCUT2D eigenvalue weighted by molar-refractivity contribution is 6.31. The van der Waals surface area contributed by atoms with Crippen LogP contribution in [0, 0.1) is 0 Å². The second-order valence-electron chi connectivity index (χ2n) is 4.13. The maximum absolute atomic E-state index is 6.10. The van der Waals surface area contributed by atoms with Gasteiger partial charge in [0.1, 0.15) is 0 Å². The Balaban J connectivity index is 1.85. The van der Waals surface area contributed by atoms with Crippen molar-refractivity contribution in [3.8, 4) is 0 Å². The number of aromatic nitrogens is 2. The molecule has 2 rings (SSSR count). The van der Waals surface area contributed by atoms with E-state index in [1.165, 1.54) is 12.8 Å². The van der Waals surface area contributed by atoms with Crippen molar-refractivity contribution in [1.82, 2.24) is 15.1 Å². The summed E-state index contributed by atoms with van der Waals surface area (Å²) in [7, 11) is 1.69. The zero-order chi connectivity index (χ0) is 11.4. The van der Waals surface area contributed by atoms with E-state index < -0.39 is 0 Å². The first-order valence-corrected chi connectivity index (χ1v) is 6.11. The highest BCUT2D eigenvalue weighted by Gasteiger charge is 2.20. The van der Waals surface area contributed by atoms with E-state index in [0.29, 0.717) is 6.61 Å². The summed E-state index contributed by atoms with van der Waals surface area (Å²) in [4.78, 5) is 0. The molecule has 0 bridgehead atoms. The van der Waals surface area contributed by atoms with E-state index in [-0.39, 0.29) is 0 Å². The molecule has 1 aromatic heterocycles. The normalized spacial score (nSPS) is 15.6. The average molecular weight is 244 g/mol. The zero-order valence-electron chi connectivity index (χ0n) is 9.58. The number of methoxy groups -OCH3 is 1. The summed E-state index contributed by atoms with van der Waals surface area (Å²) in [6.45, 7) is 2.41. The summed E-state index contributed by atoms with van der Waals surface area (Å²) in [5.41, 5.74) is 1.10. The molecule has 4 nitrogen and oxygen atoms in total. The third kappa shape index (κ3) is 3.20. The van der Waals surface area contributed by atoms with Gasteiger partial charge in [-0.1, -0.05) is 11.6 Å². The molecule has 1 saturated carbocycles. The molecule has 0 spiro atoms. The topological polar surface area (TPSA) is 39.1 Å². The van der Waals surface area contributed by atoms with Gasteiger partial charge in [-0.05, 0) is 12.8 Å². The Bertz CT molecular complexity index is 336. The highest BCUT2D eigenvalue weighted by Crippen LogP contribution is 2.19. The van der Waals surface area contributed by atoms with Gasteiger partial charge in [-0.25, -0.2) is 0 Å². The van der Waals surface area contributed by atoms with E-state index >= 15 is 0 Å². The zero-order valence-corrected chi connectivity index (χ0v) is 10.3. The van der Waals surface area contributed by atoms with E-state index in [4.69, 9.17) is 16.3 Å². The molecule has 0 aromatic carbocycles. The van der Waals surface area contributed by atoms with Crippen LogP contribution in [0.25, 0.3) is 0 Å². The molecular weight excluding hydrogens is 226 g/mol. The Hall–Kier alpha value is -0.580. The van der Waals surface area contributed by atoms with E-state index in [2.05, 4.69) is 10.4 Å². The fraction of sp³-hybridized carbons (Fsp3) is 0.727. The van der Waals surface area contributed by atoms with Gasteiger partial charge in [0.05, 0.1) is 30.1 Å². The van der Waals surface area contributed by atoms with Crippen LogP contribution in [0.1, 0.15) is 18.5 Å². The van der Waals surface area contributed by atoms with Crippen LogP contribution in [0.15, 0.2) is 6.20 Å². The van der Waals surface area contributed by atoms with E-state index in [9.17, 15) is 0 Å². The molecule has 1 fully saturated rings. The van der Waals surface area contributed by atoms with E-state index in [0.717, 1.165) is 36.3 Å². The largest absolute Gasteiger partial charge is 0.383 e. The minimum atomic E-state index is 0.668. The van der Waals surface area contributed by atoms with Gasteiger partial charge in [-0.15, -0.1) is 0 Å². The number of ether oxygens (including phenoxy) is 1. The Morgan fingerprint density at radius 3 is 3.12 bits per heavy atom. The predicted molar refractivity (Wildman–Crippen MR) is 63.8 cm³/mol. The molecule has 0 aliphatic heterocycles. The lowest BCUT2D eigenvalue weighted by molar-refractivity contribution is 0.182. The van der Waals surface area contributed by atoms with Crippen LogP contribution < -0.4 is 5.32 Å². The first-order valence-electron chi connectivity index (χ1n) is 5.73. The van der Waals surface area contributed by atoms with Gasteiger partial charge in [0.15, 0.2) is 0 Å². The van der Waals surface area contributed by atoms with Crippen LogP contribution in [0.5, 0.6) is 0 Å². The van der Waals surface area contributed by atoms with Crippen LogP contribution in [-0.2, 0) is 17.7 Å². The first-order chi connectivity index (χ1) is 7.81. The maximum Gasteiger partial charge on any atom is 0.0818 e. The van der Waals surface area contributed by atoms with Gasteiger partial charge < -0.3 is 10.1 Å². The molecule has 1 heterocycles. The highest BCUT2D eigenvalue weighted by atomic mass is 35.5. The van der Waals surface area contributed by atoms with Crippen molar-refractivity contribution in [1.29, 1.82) is 0 Å². The quantitative estimate of drug-likeness (QED) is 0.789. The van der Waals surface area contributed by atoms with Gasteiger partial charge in [0.25, 0.3) is 0 Å². The van der Waals surface area contributed by atoms with Crippen molar-refractivity contribution in [3.63, 3.8) is 0 Å². The van der Waals surface area contributed by atoms with Crippen LogP contribution in [-0.4, -0.2) is 36.1 Å².